The lowest BCUT2D eigenvalue weighted by molar-refractivity contribution is 0.0182. The second kappa shape index (κ2) is 10.5. The van der Waals surface area contributed by atoms with Crippen LogP contribution in [0.2, 0.25) is 5.15 Å². The van der Waals surface area contributed by atoms with Crippen molar-refractivity contribution in [2.75, 3.05) is 11.4 Å². The number of nitrogens with zero attached hydrogens (tertiary/aromatic N) is 4. The summed E-state index contributed by atoms with van der Waals surface area (Å²) in [4.78, 5) is 53.0. The Kier molecular flexibility index (Phi) is 7.43. The lowest BCUT2D eigenvalue weighted by Crippen LogP contribution is -2.49. The molecule has 4 heterocycles. The minimum Gasteiger partial charge on any atom is -0.443 e. The standard InChI is InChI=1S/C31H33ClN4O5S/c1-16-13-18(14-23(32)33-16)20-10-9-19-21(34-20)11-12-22-24(19)25-26(42-22)27(37)36(29(39)41-31(6,7)8)17(2)15-35(25)28(38)40-30(3,4)5/h9-14,17H,15H2,1-8H3/t17-/m1/s1. The van der Waals surface area contributed by atoms with E-state index in [1.54, 1.807) is 54.5 Å². The third-order valence-corrected chi connectivity index (χ3v) is 7.82. The average molecular weight is 609 g/mol. The van der Waals surface area contributed by atoms with Crippen LogP contribution in [0.5, 0.6) is 0 Å². The molecule has 11 heteroatoms. The SMILES string of the molecule is Cc1cc(-c2ccc3c(ccc4sc5c(c43)N(C(=O)OC(C)(C)C)C[C@@H](C)N(C(=O)OC(C)(C)C)C5=O)n2)cc(Cl)n1. The Hall–Kier alpha value is -3.76. The highest BCUT2D eigenvalue weighted by Gasteiger charge is 2.42. The molecule has 9 nitrogen and oxygen atoms in total. The normalized spacial score (nSPS) is 16.0. The molecule has 1 aromatic carbocycles. The summed E-state index contributed by atoms with van der Waals surface area (Å²) in [5.74, 6) is -0.529. The highest BCUT2D eigenvalue weighted by Crippen LogP contribution is 2.45. The van der Waals surface area contributed by atoms with Crippen molar-refractivity contribution in [1.82, 2.24) is 14.9 Å². The number of fused-ring (bicyclic) bond motifs is 5. The smallest absolute Gasteiger partial charge is 0.417 e. The van der Waals surface area contributed by atoms with Gasteiger partial charge in [-0.15, -0.1) is 11.3 Å². The molecule has 0 aliphatic carbocycles. The number of thiophene rings is 1. The van der Waals surface area contributed by atoms with Gasteiger partial charge in [-0.3, -0.25) is 9.69 Å². The van der Waals surface area contributed by atoms with E-state index in [2.05, 4.69) is 4.98 Å². The molecule has 1 atom stereocenters. The molecule has 1 aliphatic rings. The Morgan fingerprint density at radius 1 is 0.976 bits per heavy atom. The molecule has 1 aliphatic heterocycles. The van der Waals surface area contributed by atoms with Crippen LogP contribution in [0.15, 0.2) is 36.4 Å². The van der Waals surface area contributed by atoms with Gasteiger partial charge in [0, 0.05) is 26.7 Å². The van der Waals surface area contributed by atoms with Gasteiger partial charge in [0.2, 0.25) is 0 Å². The number of halogens is 1. The zero-order valence-corrected chi connectivity index (χ0v) is 26.4. The quantitative estimate of drug-likeness (QED) is 0.202. The number of rotatable bonds is 1. The van der Waals surface area contributed by atoms with E-state index in [1.165, 1.54) is 16.2 Å². The second-order valence-corrected chi connectivity index (χ2v) is 13.8. The summed E-state index contributed by atoms with van der Waals surface area (Å²) in [5.41, 5.74) is 1.78. The summed E-state index contributed by atoms with van der Waals surface area (Å²) in [6.07, 6.45) is -1.38. The van der Waals surface area contributed by atoms with Crippen molar-refractivity contribution in [2.24, 2.45) is 0 Å². The number of carbonyl (C=O) groups excluding carboxylic acids is 3. The zero-order chi connectivity index (χ0) is 30.7. The van der Waals surface area contributed by atoms with E-state index in [-0.39, 0.29) is 11.4 Å². The van der Waals surface area contributed by atoms with Gasteiger partial charge in [-0.1, -0.05) is 11.6 Å². The molecule has 4 aromatic rings. The molecule has 0 bridgehead atoms. The number of imide groups is 1. The van der Waals surface area contributed by atoms with Crippen LogP contribution in [0.4, 0.5) is 15.3 Å². The van der Waals surface area contributed by atoms with E-state index >= 15 is 0 Å². The summed E-state index contributed by atoms with van der Waals surface area (Å²) in [5, 5.41) is 1.82. The molecule has 0 N–H and O–H groups in total. The maximum absolute atomic E-state index is 14.1. The Balaban J connectivity index is 1.73. The Morgan fingerprint density at radius 3 is 2.29 bits per heavy atom. The maximum Gasteiger partial charge on any atom is 0.417 e. The van der Waals surface area contributed by atoms with Crippen LogP contribution < -0.4 is 4.90 Å². The summed E-state index contributed by atoms with van der Waals surface area (Å²) >= 11 is 7.43. The number of benzene rings is 1. The number of anilines is 1. The zero-order valence-electron chi connectivity index (χ0n) is 24.9. The first kappa shape index (κ1) is 29.7. The number of aryl methyl sites for hydroxylation is 1. The van der Waals surface area contributed by atoms with Crippen LogP contribution in [0.25, 0.3) is 32.2 Å². The van der Waals surface area contributed by atoms with Crippen molar-refractivity contribution in [1.29, 1.82) is 0 Å². The van der Waals surface area contributed by atoms with Gasteiger partial charge >= 0.3 is 12.2 Å². The largest absolute Gasteiger partial charge is 0.443 e. The fourth-order valence-electron chi connectivity index (χ4n) is 4.93. The molecule has 42 heavy (non-hydrogen) atoms. The lowest BCUT2D eigenvalue weighted by atomic mass is 10.1. The van der Waals surface area contributed by atoms with Crippen molar-refractivity contribution in [2.45, 2.75) is 72.6 Å². The van der Waals surface area contributed by atoms with E-state index in [0.717, 1.165) is 26.2 Å². The first-order valence-electron chi connectivity index (χ1n) is 13.6. The van der Waals surface area contributed by atoms with E-state index in [4.69, 9.17) is 26.1 Å². The van der Waals surface area contributed by atoms with Crippen LogP contribution in [0.1, 0.15) is 63.8 Å². The monoisotopic (exact) mass is 608 g/mol. The van der Waals surface area contributed by atoms with Gasteiger partial charge < -0.3 is 9.47 Å². The van der Waals surface area contributed by atoms with Crippen molar-refractivity contribution in [3.05, 3.63) is 52.1 Å². The molecule has 220 valence electrons. The van der Waals surface area contributed by atoms with Crippen LogP contribution in [0, 0.1) is 6.92 Å². The third-order valence-electron chi connectivity index (χ3n) is 6.49. The fourth-order valence-corrected chi connectivity index (χ4v) is 6.34. The number of hydrogen-bond donors (Lipinski definition) is 0. The number of amides is 3. The average Bonchev–Trinajstić information content (AvgIpc) is 3.19. The minimum absolute atomic E-state index is 0.0232. The second-order valence-electron chi connectivity index (χ2n) is 12.4. The fraction of sp³-hybridized carbons (Fsp3) is 0.387. The summed E-state index contributed by atoms with van der Waals surface area (Å²) in [7, 11) is 0. The summed E-state index contributed by atoms with van der Waals surface area (Å²) in [6.45, 7) is 14.2. The van der Waals surface area contributed by atoms with Gasteiger partial charge in [0.05, 0.1) is 29.5 Å². The Labute approximate surface area is 253 Å². The number of carbonyl (C=O) groups is 3. The minimum atomic E-state index is -0.811. The molecular weight excluding hydrogens is 576 g/mol. The predicted octanol–water partition coefficient (Wildman–Crippen LogP) is 7.99. The van der Waals surface area contributed by atoms with Gasteiger partial charge in [-0.05, 0) is 91.8 Å². The predicted molar refractivity (Wildman–Crippen MR) is 166 cm³/mol. The highest BCUT2D eigenvalue weighted by atomic mass is 35.5. The lowest BCUT2D eigenvalue weighted by Gasteiger charge is -2.31. The maximum atomic E-state index is 14.1. The van der Waals surface area contributed by atoms with Crippen LogP contribution in [0.3, 0.4) is 0 Å². The van der Waals surface area contributed by atoms with Gasteiger partial charge in [0.1, 0.15) is 21.2 Å². The number of hydrogen-bond acceptors (Lipinski definition) is 8. The molecule has 3 amide bonds. The van der Waals surface area contributed by atoms with Gasteiger partial charge in [0.15, 0.2) is 0 Å². The first-order chi connectivity index (χ1) is 19.5. The van der Waals surface area contributed by atoms with E-state index < -0.39 is 35.3 Å². The van der Waals surface area contributed by atoms with Crippen LogP contribution in [-0.4, -0.2) is 56.8 Å². The number of ether oxygens (including phenoxy) is 2. The first-order valence-corrected chi connectivity index (χ1v) is 14.8. The van der Waals surface area contributed by atoms with Crippen LogP contribution >= 0.6 is 22.9 Å². The van der Waals surface area contributed by atoms with Gasteiger partial charge in [0.25, 0.3) is 5.91 Å². The number of pyridine rings is 2. The van der Waals surface area contributed by atoms with E-state index in [0.29, 0.717) is 27.4 Å². The third kappa shape index (κ3) is 5.78. The van der Waals surface area contributed by atoms with Crippen LogP contribution in [-0.2, 0) is 9.47 Å². The van der Waals surface area contributed by atoms with Gasteiger partial charge in [-0.25, -0.2) is 24.5 Å². The Morgan fingerprint density at radius 2 is 1.64 bits per heavy atom. The van der Waals surface area contributed by atoms with E-state index in [9.17, 15) is 14.4 Å². The molecule has 0 radical (unpaired) electrons. The molecule has 3 aromatic heterocycles. The molecule has 0 saturated heterocycles. The molecular formula is C31H33ClN4O5S. The van der Waals surface area contributed by atoms with Gasteiger partial charge in [-0.2, -0.15) is 0 Å². The van der Waals surface area contributed by atoms with Crippen molar-refractivity contribution in [3.8, 4) is 11.3 Å². The number of aromatic nitrogens is 2. The molecule has 5 rings (SSSR count). The molecule has 0 fully saturated rings. The topological polar surface area (TPSA) is 102 Å². The van der Waals surface area contributed by atoms with Crippen molar-refractivity contribution >= 4 is 67.7 Å². The highest BCUT2D eigenvalue weighted by molar-refractivity contribution is 7.21. The van der Waals surface area contributed by atoms with Crippen molar-refractivity contribution in [3.63, 3.8) is 0 Å². The Bertz CT molecular complexity index is 1730. The molecule has 0 saturated carbocycles. The molecule has 0 spiro atoms. The van der Waals surface area contributed by atoms with Crippen molar-refractivity contribution < 1.29 is 23.9 Å². The van der Waals surface area contributed by atoms with E-state index in [1.807, 2.05) is 37.3 Å². The summed E-state index contributed by atoms with van der Waals surface area (Å²) < 4.78 is 12.2. The summed E-state index contributed by atoms with van der Waals surface area (Å²) in [6, 6.07) is 10.5. The molecule has 0 unspecified atom stereocenters.